The van der Waals surface area contributed by atoms with Crippen LogP contribution in [0.1, 0.15) is 92.9 Å². The summed E-state index contributed by atoms with van der Waals surface area (Å²) >= 11 is 0. The van der Waals surface area contributed by atoms with E-state index in [9.17, 15) is 0 Å². The Hall–Kier alpha value is 0. The van der Waals surface area contributed by atoms with E-state index in [2.05, 4.69) is 41.5 Å². The van der Waals surface area contributed by atoms with Crippen LogP contribution in [0.4, 0.5) is 0 Å². The molecule has 0 aliphatic heterocycles. The first-order chi connectivity index (χ1) is 8.69. The number of rotatable bonds is 11. The van der Waals surface area contributed by atoms with Gasteiger partial charge in [0, 0.05) is 0 Å². The minimum Gasteiger partial charge on any atom is -0.0654 e. The van der Waals surface area contributed by atoms with E-state index >= 15 is 0 Å². The van der Waals surface area contributed by atoms with E-state index in [1.54, 1.807) is 0 Å². The molecule has 0 heterocycles. The first-order valence-electron chi connectivity index (χ1n) is 8.69. The maximum absolute atomic E-state index is 2.42. The number of hydrogen-bond donors (Lipinski definition) is 0. The summed E-state index contributed by atoms with van der Waals surface area (Å²) in [5, 5.41) is 0. The second-order valence-electron chi connectivity index (χ2n) is 6.06. The van der Waals surface area contributed by atoms with Gasteiger partial charge in [-0.15, -0.1) is 0 Å². The fourth-order valence-corrected chi connectivity index (χ4v) is 4.15. The zero-order valence-electron chi connectivity index (χ0n) is 14.0. The van der Waals surface area contributed by atoms with Crippen molar-refractivity contribution in [2.45, 2.75) is 92.9 Å². The molecular formula is C18H38. The van der Waals surface area contributed by atoms with Crippen LogP contribution < -0.4 is 0 Å². The van der Waals surface area contributed by atoms with Crippen molar-refractivity contribution in [3.63, 3.8) is 0 Å². The molecule has 0 aromatic rings. The average Bonchev–Trinajstić information content (AvgIpc) is 2.40. The Morgan fingerprint density at radius 3 is 1.00 bits per heavy atom. The van der Waals surface area contributed by atoms with Gasteiger partial charge >= 0.3 is 0 Å². The highest BCUT2D eigenvalue weighted by Gasteiger charge is 2.30. The normalized spacial score (nSPS) is 18.3. The molecule has 0 aliphatic rings. The smallest absolute Gasteiger partial charge is 0.0358 e. The monoisotopic (exact) mass is 254 g/mol. The Morgan fingerprint density at radius 2 is 0.833 bits per heavy atom. The van der Waals surface area contributed by atoms with Gasteiger partial charge in [0.05, 0.1) is 0 Å². The van der Waals surface area contributed by atoms with Gasteiger partial charge < -0.3 is 0 Å². The molecule has 4 unspecified atom stereocenters. The van der Waals surface area contributed by atoms with Crippen molar-refractivity contribution in [2.75, 3.05) is 0 Å². The van der Waals surface area contributed by atoms with Crippen molar-refractivity contribution in [1.82, 2.24) is 0 Å². The fraction of sp³-hybridized carbons (Fsp3) is 1.00. The lowest BCUT2D eigenvalue weighted by Crippen LogP contribution is -2.28. The van der Waals surface area contributed by atoms with E-state index in [-0.39, 0.29) is 0 Å². The highest BCUT2D eigenvalue weighted by atomic mass is 14.3. The first-order valence-corrected chi connectivity index (χ1v) is 8.69. The van der Waals surface area contributed by atoms with Gasteiger partial charge in [-0.25, -0.2) is 0 Å². The van der Waals surface area contributed by atoms with E-state index in [4.69, 9.17) is 0 Å². The molecule has 0 rings (SSSR count). The molecule has 0 spiro atoms. The van der Waals surface area contributed by atoms with Gasteiger partial charge in [0.15, 0.2) is 0 Å². The third-order valence-electron chi connectivity index (χ3n) is 5.07. The van der Waals surface area contributed by atoms with Crippen molar-refractivity contribution in [3.8, 4) is 0 Å². The van der Waals surface area contributed by atoms with Crippen LogP contribution in [0.3, 0.4) is 0 Å². The van der Waals surface area contributed by atoms with Crippen LogP contribution in [-0.4, -0.2) is 0 Å². The highest BCUT2D eigenvalue weighted by Crippen LogP contribution is 2.39. The van der Waals surface area contributed by atoms with Crippen LogP contribution in [0.2, 0.25) is 0 Å². The van der Waals surface area contributed by atoms with Crippen LogP contribution in [0.5, 0.6) is 0 Å². The molecular weight excluding hydrogens is 216 g/mol. The van der Waals surface area contributed by atoms with Gasteiger partial charge in [0.2, 0.25) is 0 Å². The molecule has 0 fully saturated rings. The zero-order chi connectivity index (χ0) is 14.0. The zero-order valence-corrected chi connectivity index (χ0v) is 14.0. The van der Waals surface area contributed by atoms with E-state index < -0.39 is 0 Å². The van der Waals surface area contributed by atoms with Gasteiger partial charge in [-0.05, 0) is 23.7 Å². The molecule has 0 N–H and O–H groups in total. The van der Waals surface area contributed by atoms with E-state index in [0.29, 0.717) is 0 Å². The Bertz CT molecular complexity index is 153. The summed E-state index contributed by atoms with van der Waals surface area (Å²) in [5.74, 6) is 3.87. The van der Waals surface area contributed by atoms with Gasteiger partial charge in [-0.3, -0.25) is 0 Å². The predicted octanol–water partition coefficient (Wildman–Crippen LogP) is 6.69. The Morgan fingerprint density at radius 1 is 0.500 bits per heavy atom. The van der Waals surface area contributed by atoms with Crippen LogP contribution in [-0.2, 0) is 0 Å². The minimum absolute atomic E-state index is 0.968. The maximum atomic E-state index is 2.42. The van der Waals surface area contributed by atoms with Crippen molar-refractivity contribution in [2.24, 2.45) is 23.7 Å². The summed E-state index contributed by atoms with van der Waals surface area (Å²) in [6.45, 7) is 14.3. The lowest BCUT2D eigenvalue weighted by molar-refractivity contribution is 0.128. The van der Waals surface area contributed by atoms with Gasteiger partial charge in [0.25, 0.3) is 0 Å². The van der Waals surface area contributed by atoms with Gasteiger partial charge in [-0.1, -0.05) is 92.9 Å². The predicted molar refractivity (Wildman–Crippen MR) is 84.9 cm³/mol. The Labute approximate surface area is 117 Å². The average molecular weight is 255 g/mol. The second-order valence-corrected chi connectivity index (χ2v) is 6.06. The summed E-state index contributed by atoms with van der Waals surface area (Å²) < 4.78 is 0. The summed E-state index contributed by atoms with van der Waals surface area (Å²) in [6.07, 6.45) is 11.1. The molecule has 0 saturated carbocycles. The molecule has 0 nitrogen and oxygen atoms in total. The molecule has 0 aromatic heterocycles. The largest absolute Gasteiger partial charge is 0.0654 e. The Kier molecular flexibility index (Phi) is 10.9. The summed E-state index contributed by atoms with van der Waals surface area (Å²) in [6, 6.07) is 0. The standard InChI is InChI=1S/C18H38/c1-7-13-15(9-3)17(11-5)18(12-6)16(10-4)14-8-2/h15-18H,7-14H2,1-6H3. The highest BCUT2D eigenvalue weighted by molar-refractivity contribution is 4.79. The molecule has 0 radical (unpaired) electrons. The molecule has 0 amide bonds. The minimum atomic E-state index is 0.968. The van der Waals surface area contributed by atoms with Crippen molar-refractivity contribution in [1.29, 1.82) is 0 Å². The first kappa shape index (κ1) is 18.0. The molecule has 0 heteroatoms. The Balaban J connectivity index is 4.81. The van der Waals surface area contributed by atoms with Crippen molar-refractivity contribution < 1.29 is 0 Å². The van der Waals surface area contributed by atoms with Crippen LogP contribution in [0, 0.1) is 23.7 Å². The van der Waals surface area contributed by atoms with Crippen LogP contribution >= 0.6 is 0 Å². The van der Waals surface area contributed by atoms with Gasteiger partial charge in [0.1, 0.15) is 0 Å². The van der Waals surface area contributed by atoms with E-state index in [1.165, 1.54) is 51.4 Å². The molecule has 4 atom stereocenters. The SMILES string of the molecule is CCCC(CC)C(CC)C(CC)C(CC)CCC. The van der Waals surface area contributed by atoms with Crippen molar-refractivity contribution in [3.05, 3.63) is 0 Å². The summed E-state index contributed by atoms with van der Waals surface area (Å²) in [7, 11) is 0. The summed E-state index contributed by atoms with van der Waals surface area (Å²) in [4.78, 5) is 0. The molecule has 0 aromatic carbocycles. The lowest BCUT2D eigenvalue weighted by atomic mass is 9.68. The topological polar surface area (TPSA) is 0 Å². The quantitative estimate of drug-likeness (QED) is 0.385. The molecule has 0 saturated heterocycles. The molecule has 0 aliphatic carbocycles. The lowest BCUT2D eigenvalue weighted by Gasteiger charge is -2.37. The molecule has 0 bridgehead atoms. The van der Waals surface area contributed by atoms with Crippen molar-refractivity contribution >= 4 is 0 Å². The van der Waals surface area contributed by atoms with Crippen LogP contribution in [0.15, 0.2) is 0 Å². The third kappa shape index (κ3) is 5.33. The summed E-state index contributed by atoms with van der Waals surface area (Å²) in [5.41, 5.74) is 0. The number of hydrogen-bond acceptors (Lipinski definition) is 0. The van der Waals surface area contributed by atoms with E-state index in [0.717, 1.165) is 23.7 Å². The second kappa shape index (κ2) is 10.9. The van der Waals surface area contributed by atoms with Crippen LogP contribution in [0.25, 0.3) is 0 Å². The fourth-order valence-electron chi connectivity index (χ4n) is 4.15. The molecule has 110 valence electrons. The van der Waals surface area contributed by atoms with E-state index in [1.807, 2.05) is 0 Å². The van der Waals surface area contributed by atoms with Gasteiger partial charge in [-0.2, -0.15) is 0 Å². The third-order valence-corrected chi connectivity index (χ3v) is 5.07. The maximum Gasteiger partial charge on any atom is -0.0358 e. The molecule has 18 heavy (non-hydrogen) atoms.